The van der Waals surface area contributed by atoms with E-state index in [4.69, 9.17) is 9.72 Å². The number of aryl methyl sites for hydroxylation is 1. The standard InChI is InChI=1S/C15H21N3O/c1-4-18-13-7-6-11(19-3)10-12(13)17-14(18)15(2)8-5-9-16-15/h6-7,10,16H,4-5,8-9H2,1-3H3. The lowest BCUT2D eigenvalue weighted by Gasteiger charge is -2.24. The molecule has 0 saturated carbocycles. The molecule has 1 aliphatic rings. The Morgan fingerprint density at radius 2 is 2.32 bits per heavy atom. The molecule has 0 radical (unpaired) electrons. The van der Waals surface area contributed by atoms with E-state index in [1.54, 1.807) is 7.11 Å². The van der Waals surface area contributed by atoms with Crippen LogP contribution in [0.15, 0.2) is 18.2 Å². The zero-order valence-electron chi connectivity index (χ0n) is 11.9. The fraction of sp³-hybridized carbons (Fsp3) is 0.533. The average Bonchev–Trinajstić information content (AvgIpc) is 3.02. The third-order valence-electron chi connectivity index (χ3n) is 4.13. The van der Waals surface area contributed by atoms with Gasteiger partial charge in [0.05, 0.1) is 23.7 Å². The Labute approximate surface area is 113 Å². The zero-order chi connectivity index (χ0) is 13.5. The van der Waals surface area contributed by atoms with Crippen molar-refractivity contribution in [3.63, 3.8) is 0 Å². The van der Waals surface area contributed by atoms with Gasteiger partial charge >= 0.3 is 0 Å². The van der Waals surface area contributed by atoms with Gasteiger partial charge in [-0.1, -0.05) is 0 Å². The smallest absolute Gasteiger partial charge is 0.129 e. The zero-order valence-corrected chi connectivity index (χ0v) is 11.9. The summed E-state index contributed by atoms with van der Waals surface area (Å²) in [6.07, 6.45) is 2.36. The summed E-state index contributed by atoms with van der Waals surface area (Å²) in [7, 11) is 1.69. The highest BCUT2D eigenvalue weighted by atomic mass is 16.5. The van der Waals surface area contributed by atoms with Crippen LogP contribution in [0, 0.1) is 0 Å². The van der Waals surface area contributed by atoms with Crippen LogP contribution in [-0.4, -0.2) is 23.2 Å². The summed E-state index contributed by atoms with van der Waals surface area (Å²) in [5, 5.41) is 3.60. The molecule has 0 aliphatic carbocycles. The van der Waals surface area contributed by atoms with E-state index in [9.17, 15) is 0 Å². The fourth-order valence-electron chi connectivity index (χ4n) is 3.06. The van der Waals surface area contributed by atoms with Gasteiger partial charge in [-0.3, -0.25) is 0 Å². The molecule has 3 rings (SSSR count). The monoisotopic (exact) mass is 259 g/mol. The van der Waals surface area contributed by atoms with Gasteiger partial charge in [-0.15, -0.1) is 0 Å². The van der Waals surface area contributed by atoms with E-state index >= 15 is 0 Å². The van der Waals surface area contributed by atoms with Gasteiger partial charge in [0.1, 0.15) is 11.6 Å². The highest BCUT2D eigenvalue weighted by molar-refractivity contribution is 5.78. The summed E-state index contributed by atoms with van der Waals surface area (Å²) < 4.78 is 7.60. The van der Waals surface area contributed by atoms with Crippen molar-refractivity contribution in [1.82, 2.24) is 14.9 Å². The molecule has 1 N–H and O–H groups in total. The molecule has 1 fully saturated rings. The van der Waals surface area contributed by atoms with Crippen LogP contribution in [0.5, 0.6) is 5.75 Å². The van der Waals surface area contributed by atoms with Crippen LogP contribution in [0.25, 0.3) is 11.0 Å². The minimum Gasteiger partial charge on any atom is -0.497 e. The number of methoxy groups -OCH3 is 1. The Morgan fingerprint density at radius 3 is 2.95 bits per heavy atom. The van der Waals surface area contributed by atoms with Gasteiger partial charge in [-0.05, 0) is 45.4 Å². The fourth-order valence-corrected chi connectivity index (χ4v) is 3.06. The highest BCUT2D eigenvalue weighted by Crippen LogP contribution is 2.33. The Morgan fingerprint density at radius 1 is 1.47 bits per heavy atom. The first kappa shape index (κ1) is 12.5. The molecule has 2 aromatic rings. The molecule has 102 valence electrons. The summed E-state index contributed by atoms with van der Waals surface area (Å²) in [4.78, 5) is 4.87. The second kappa shape index (κ2) is 4.53. The van der Waals surface area contributed by atoms with Crippen LogP contribution < -0.4 is 10.1 Å². The number of hydrogen-bond acceptors (Lipinski definition) is 3. The van der Waals surface area contributed by atoms with Gasteiger partial charge in [0.25, 0.3) is 0 Å². The number of benzene rings is 1. The van der Waals surface area contributed by atoms with Crippen LogP contribution in [-0.2, 0) is 12.1 Å². The van der Waals surface area contributed by atoms with E-state index in [0.29, 0.717) is 0 Å². The van der Waals surface area contributed by atoms with Crippen molar-refractivity contribution in [3.8, 4) is 5.75 Å². The minimum atomic E-state index is 0.00225. The van der Waals surface area contributed by atoms with Crippen LogP contribution >= 0.6 is 0 Å². The number of fused-ring (bicyclic) bond motifs is 1. The van der Waals surface area contributed by atoms with E-state index in [0.717, 1.165) is 36.6 Å². The molecule has 4 nitrogen and oxygen atoms in total. The normalized spacial score (nSPS) is 23.1. The highest BCUT2D eigenvalue weighted by Gasteiger charge is 2.34. The second-order valence-corrected chi connectivity index (χ2v) is 5.40. The molecule has 0 amide bonds. The first-order chi connectivity index (χ1) is 9.18. The summed E-state index contributed by atoms with van der Waals surface area (Å²) >= 11 is 0. The first-order valence-electron chi connectivity index (χ1n) is 6.98. The van der Waals surface area contributed by atoms with E-state index in [1.165, 1.54) is 11.9 Å². The Balaban J connectivity index is 2.18. The third kappa shape index (κ3) is 1.91. The minimum absolute atomic E-state index is 0.00225. The molecule has 4 heteroatoms. The van der Waals surface area contributed by atoms with Gasteiger partial charge in [0.2, 0.25) is 0 Å². The topological polar surface area (TPSA) is 39.1 Å². The third-order valence-corrected chi connectivity index (χ3v) is 4.13. The number of imidazole rings is 1. The van der Waals surface area contributed by atoms with Gasteiger partial charge < -0.3 is 14.6 Å². The lowest BCUT2D eigenvalue weighted by atomic mass is 9.99. The summed E-state index contributed by atoms with van der Waals surface area (Å²) in [6, 6.07) is 6.13. The molecular weight excluding hydrogens is 238 g/mol. The number of nitrogens with one attached hydrogen (secondary N) is 1. The Kier molecular flexibility index (Phi) is 2.97. The largest absolute Gasteiger partial charge is 0.497 e. The number of rotatable bonds is 3. The maximum atomic E-state index is 5.29. The van der Waals surface area contributed by atoms with E-state index in [1.807, 2.05) is 12.1 Å². The van der Waals surface area contributed by atoms with Crippen molar-refractivity contribution >= 4 is 11.0 Å². The molecular formula is C15H21N3O. The van der Waals surface area contributed by atoms with E-state index < -0.39 is 0 Å². The molecule has 1 aliphatic heterocycles. The summed E-state index contributed by atoms with van der Waals surface area (Å²) in [5.74, 6) is 2.01. The summed E-state index contributed by atoms with van der Waals surface area (Å²) in [5.41, 5.74) is 2.21. The van der Waals surface area contributed by atoms with Gasteiger partial charge in [-0.25, -0.2) is 4.98 Å². The average molecular weight is 259 g/mol. The van der Waals surface area contributed by atoms with Gasteiger partial charge in [0, 0.05) is 12.6 Å². The van der Waals surface area contributed by atoms with E-state index in [-0.39, 0.29) is 5.54 Å². The number of ether oxygens (including phenoxy) is 1. The number of hydrogen-bond donors (Lipinski definition) is 1. The number of aromatic nitrogens is 2. The van der Waals surface area contributed by atoms with Crippen molar-refractivity contribution in [2.24, 2.45) is 0 Å². The van der Waals surface area contributed by atoms with Crippen LogP contribution in [0.3, 0.4) is 0 Å². The lowest BCUT2D eigenvalue weighted by Crippen LogP contribution is -2.36. The number of nitrogens with zero attached hydrogens (tertiary/aromatic N) is 2. The lowest BCUT2D eigenvalue weighted by molar-refractivity contribution is 0.391. The molecule has 2 heterocycles. The SMILES string of the molecule is CCn1c(C2(C)CCCN2)nc2cc(OC)ccc21. The van der Waals surface area contributed by atoms with Crippen molar-refractivity contribution in [2.45, 2.75) is 38.8 Å². The molecule has 1 unspecified atom stereocenters. The quantitative estimate of drug-likeness (QED) is 0.921. The predicted molar refractivity (Wildman–Crippen MR) is 76.5 cm³/mol. The van der Waals surface area contributed by atoms with E-state index in [2.05, 4.69) is 29.8 Å². The molecule has 1 saturated heterocycles. The first-order valence-corrected chi connectivity index (χ1v) is 6.98. The molecule has 19 heavy (non-hydrogen) atoms. The van der Waals surface area contributed by atoms with Crippen LogP contribution in [0.4, 0.5) is 0 Å². The van der Waals surface area contributed by atoms with Gasteiger partial charge in [0.15, 0.2) is 0 Å². The second-order valence-electron chi connectivity index (χ2n) is 5.40. The summed E-state index contributed by atoms with van der Waals surface area (Å²) in [6.45, 7) is 6.44. The molecule has 1 atom stereocenters. The molecule has 1 aromatic heterocycles. The van der Waals surface area contributed by atoms with Crippen LogP contribution in [0.2, 0.25) is 0 Å². The Hall–Kier alpha value is -1.55. The maximum absolute atomic E-state index is 5.29. The van der Waals surface area contributed by atoms with Crippen molar-refractivity contribution < 1.29 is 4.74 Å². The van der Waals surface area contributed by atoms with Crippen molar-refractivity contribution in [2.75, 3.05) is 13.7 Å². The van der Waals surface area contributed by atoms with Crippen LogP contribution in [0.1, 0.15) is 32.5 Å². The van der Waals surface area contributed by atoms with Gasteiger partial charge in [-0.2, -0.15) is 0 Å². The molecule has 1 aromatic carbocycles. The maximum Gasteiger partial charge on any atom is 0.129 e. The molecule has 0 bridgehead atoms. The predicted octanol–water partition coefficient (Wildman–Crippen LogP) is 2.66. The Bertz CT molecular complexity index is 597. The molecule has 0 spiro atoms. The van der Waals surface area contributed by atoms with Crippen molar-refractivity contribution in [1.29, 1.82) is 0 Å². The van der Waals surface area contributed by atoms with Crippen molar-refractivity contribution in [3.05, 3.63) is 24.0 Å².